The molecule has 1 aromatic carbocycles. The molecule has 0 bridgehead atoms. The molecule has 88 valence electrons. The van der Waals surface area contributed by atoms with Gasteiger partial charge >= 0.3 is 5.97 Å². The zero-order chi connectivity index (χ0) is 12.1. The highest BCUT2D eigenvalue weighted by Crippen LogP contribution is 2.19. The lowest BCUT2D eigenvalue weighted by molar-refractivity contribution is -0.147. The Balaban J connectivity index is 2.60. The number of ether oxygens (including phenoxy) is 2. The third kappa shape index (κ3) is 3.52. The van der Waals surface area contributed by atoms with Crippen molar-refractivity contribution in [3.8, 4) is 5.75 Å². The molecule has 0 spiro atoms. The van der Waals surface area contributed by atoms with E-state index in [1.54, 1.807) is 6.92 Å². The molecule has 1 aromatic rings. The first-order valence-electron chi connectivity index (χ1n) is 5.04. The van der Waals surface area contributed by atoms with Crippen LogP contribution in [0.2, 0.25) is 0 Å². The molecule has 2 atom stereocenters. The van der Waals surface area contributed by atoms with Gasteiger partial charge in [-0.3, -0.25) is 4.79 Å². The summed E-state index contributed by atoms with van der Waals surface area (Å²) < 4.78 is 11.3. The van der Waals surface area contributed by atoms with Crippen LogP contribution < -0.4 is 4.74 Å². The Bertz CT molecular complexity index is 348. The molecule has 2 unspecified atom stereocenters. The summed E-state index contributed by atoms with van der Waals surface area (Å²) in [6.45, 7) is 3.64. The molecule has 0 aromatic heterocycles. The normalized spacial score (nSPS) is 14.0. The van der Waals surface area contributed by atoms with Crippen LogP contribution in [0.25, 0.3) is 0 Å². The average molecular weight is 287 g/mol. The second-order valence-corrected chi connectivity index (χ2v) is 4.50. The van der Waals surface area contributed by atoms with Crippen molar-refractivity contribution in [3.63, 3.8) is 0 Å². The Morgan fingerprint density at radius 3 is 2.31 bits per heavy atom. The van der Waals surface area contributed by atoms with Crippen LogP contribution in [0, 0.1) is 5.92 Å². The largest absolute Gasteiger partial charge is 0.490 e. The van der Waals surface area contributed by atoms with Gasteiger partial charge in [-0.1, -0.05) is 15.9 Å². The highest BCUT2D eigenvalue weighted by atomic mass is 79.9. The van der Waals surface area contributed by atoms with Gasteiger partial charge in [-0.15, -0.1) is 0 Å². The predicted octanol–water partition coefficient (Wildman–Crippen LogP) is 3.03. The Morgan fingerprint density at radius 2 is 1.81 bits per heavy atom. The number of esters is 1. The molecule has 1 rings (SSSR count). The number of carbonyl (C=O) groups excluding carboxylic acids is 1. The number of hydrogen-bond donors (Lipinski definition) is 0. The van der Waals surface area contributed by atoms with E-state index in [-0.39, 0.29) is 18.0 Å². The molecule has 0 fully saturated rings. The molecule has 0 aliphatic rings. The van der Waals surface area contributed by atoms with E-state index in [1.807, 2.05) is 31.2 Å². The first-order chi connectivity index (χ1) is 7.54. The fourth-order valence-electron chi connectivity index (χ4n) is 1.21. The number of rotatable bonds is 4. The van der Waals surface area contributed by atoms with Gasteiger partial charge in [0.25, 0.3) is 0 Å². The Labute approximate surface area is 104 Å². The van der Waals surface area contributed by atoms with Crippen molar-refractivity contribution in [3.05, 3.63) is 28.7 Å². The number of carbonyl (C=O) groups is 1. The van der Waals surface area contributed by atoms with Crippen LogP contribution in [0.4, 0.5) is 0 Å². The minimum absolute atomic E-state index is 0.214. The molecule has 0 aliphatic carbocycles. The fraction of sp³-hybridized carbons (Fsp3) is 0.417. The second-order valence-electron chi connectivity index (χ2n) is 3.59. The van der Waals surface area contributed by atoms with Crippen LogP contribution in [0.5, 0.6) is 5.75 Å². The van der Waals surface area contributed by atoms with Crippen LogP contribution in [-0.4, -0.2) is 19.2 Å². The molecule has 0 saturated heterocycles. The highest BCUT2D eigenvalue weighted by Gasteiger charge is 2.22. The van der Waals surface area contributed by atoms with Gasteiger partial charge in [-0.2, -0.15) is 0 Å². The van der Waals surface area contributed by atoms with Crippen LogP contribution >= 0.6 is 15.9 Å². The molecule has 0 N–H and O–H groups in total. The lowest BCUT2D eigenvalue weighted by Crippen LogP contribution is -2.29. The van der Waals surface area contributed by atoms with Gasteiger partial charge in [0.05, 0.1) is 13.0 Å². The Kier molecular flexibility index (Phi) is 4.80. The van der Waals surface area contributed by atoms with Crippen molar-refractivity contribution in [1.82, 2.24) is 0 Å². The van der Waals surface area contributed by atoms with Gasteiger partial charge in [0.15, 0.2) is 0 Å². The summed E-state index contributed by atoms with van der Waals surface area (Å²) in [7, 11) is 1.38. The molecule has 0 amide bonds. The van der Waals surface area contributed by atoms with Gasteiger partial charge in [-0.05, 0) is 38.1 Å². The van der Waals surface area contributed by atoms with Crippen molar-refractivity contribution < 1.29 is 14.3 Å². The van der Waals surface area contributed by atoms with E-state index in [1.165, 1.54) is 7.11 Å². The zero-order valence-electron chi connectivity index (χ0n) is 9.57. The first kappa shape index (κ1) is 13.0. The van der Waals surface area contributed by atoms with Crippen molar-refractivity contribution >= 4 is 21.9 Å². The molecular formula is C12H15BrO3. The smallest absolute Gasteiger partial charge is 0.312 e. The summed E-state index contributed by atoms with van der Waals surface area (Å²) in [4.78, 5) is 11.3. The maximum atomic E-state index is 11.3. The fourth-order valence-corrected chi connectivity index (χ4v) is 1.47. The molecule has 0 saturated carbocycles. The van der Waals surface area contributed by atoms with E-state index in [2.05, 4.69) is 20.7 Å². The summed E-state index contributed by atoms with van der Waals surface area (Å²) in [6.07, 6.45) is -0.214. The topological polar surface area (TPSA) is 35.5 Å². The van der Waals surface area contributed by atoms with Crippen molar-refractivity contribution in [2.75, 3.05) is 7.11 Å². The quantitative estimate of drug-likeness (QED) is 0.798. The third-order valence-electron chi connectivity index (χ3n) is 2.41. The number of halogens is 1. The van der Waals surface area contributed by atoms with Crippen LogP contribution in [0.3, 0.4) is 0 Å². The standard InChI is InChI=1S/C12H15BrO3/c1-8(12(14)15-3)9(2)16-11-6-4-10(13)5-7-11/h4-9H,1-3H3. The lowest BCUT2D eigenvalue weighted by Gasteiger charge is -2.19. The molecule has 0 aliphatic heterocycles. The molecule has 0 heterocycles. The second kappa shape index (κ2) is 5.89. The molecule has 16 heavy (non-hydrogen) atoms. The monoisotopic (exact) mass is 286 g/mol. The van der Waals surface area contributed by atoms with Crippen LogP contribution in [0.1, 0.15) is 13.8 Å². The Hall–Kier alpha value is -1.03. The summed E-state index contributed by atoms with van der Waals surface area (Å²) in [5.74, 6) is 0.199. The van der Waals surface area contributed by atoms with E-state index in [0.717, 1.165) is 10.2 Å². The lowest BCUT2D eigenvalue weighted by atomic mass is 10.1. The van der Waals surface area contributed by atoms with Gasteiger partial charge < -0.3 is 9.47 Å². The minimum Gasteiger partial charge on any atom is -0.490 e. The highest BCUT2D eigenvalue weighted by molar-refractivity contribution is 9.10. The van der Waals surface area contributed by atoms with Crippen LogP contribution in [-0.2, 0) is 9.53 Å². The van der Waals surface area contributed by atoms with E-state index < -0.39 is 0 Å². The summed E-state index contributed by atoms with van der Waals surface area (Å²) in [5.41, 5.74) is 0. The molecule has 0 radical (unpaired) electrons. The minimum atomic E-state index is -0.284. The molecule has 4 heteroatoms. The SMILES string of the molecule is COC(=O)C(C)C(C)Oc1ccc(Br)cc1. The predicted molar refractivity (Wildman–Crippen MR) is 65.4 cm³/mol. The first-order valence-corrected chi connectivity index (χ1v) is 5.84. The van der Waals surface area contributed by atoms with Gasteiger partial charge in [0.2, 0.25) is 0 Å². The summed E-state index contributed by atoms with van der Waals surface area (Å²) in [5, 5.41) is 0. The van der Waals surface area contributed by atoms with E-state index in [0.29, 0.717) is 0 Å². The average Bonchev–Trinajstić information content (AvgIpc) is 2.30. The summed E-state index contributed by atoms with van der Waals surface area (Å²) in [6, 6.07) is 7.49. The number of methoxy groups -OCH3 is 1. The van der Waals surface area contributed by atoms with E-state index in [9.17, 15) is 4.79 Å². The third-order valence-corrected chi connectivity index (χ3v) is 2.94. The van der Waals surface area contributed by atoms with E-state index >= 15 is 0 Å². The Morgan fingerprint density at radius 1 is 1.25 bits per heavy atom. The van der Waals surface area contributed by atoms with Gasteiger partial charge in [0.1, 0.15) is 11.9 Å². The van der Waals surface area contributed by atoms with E-state index in [4.69, 9.17) is 4.74 Å². The maximum Gasteiger partial charge on any atom is 0.312 e. The van der Waals surface area contributed by atoms with Crippen LogP contribution in [0.15, 0.2) is 28.7 Å². The van der Waals surface area contributed by atoms with Crippen molar-refractivity contribution in [2.45, 2.75) is 20.0 Å². The maximum absolute atomic E-state index is 11.3. The molecule has 3 nitrogen and oxygen atoms in total. The van der Waals surface area contributed by atoms with Crippen molar-refractivity contribution in [1.29, 1.82) is 0 Å². The zero-order valence-corrected chi connectivity index (χ0v) is 11.2. The van der Waals surface area contributed by atoms with Gasteiger partial charge in [0, 0.05) is 4.47 Å². The van der Waals surface area contributed by atoms with Crippen molar-refractivity contribution in [2.24, 2.45) is 5.92 Å². The number of hydrogen-bond acceptors (Lipinski definition) is 3. The van der Waals surface area contributed by atoms with Gasteiger partial charge in [-0.25, -0.2) is 0 Å². The number of benzene rings is 1. The summed E-state index contributed by atoms with van der Waals surface area (Å²) >= 11 is 3.35. The molecular weight excluding hydrogens is 272 g/mol.